The van der Waals surface area contributed by atoms with Gasteiger partial charge in [-0.2, -0.15) is 0 Å². The number of aliphatic imine (C=N–C) groups is 1. The minimum atomic E-state index is -1.82. The van der Waals surface area contributed by atoms with Gasteiger partial charge >= 0.3 is 5.97 Å². The number of cyclic esters (lactones) is 1. The molecule has 1 saturated heterocycles. The Labute approximate surface area is 528 Å². The normalized spacial score (nSPS) is 20.9. The maximum absolute atomic E-state index is 14.5. The maximum Gasteiger partial charge on any atom is 0.329 e. The van der Waals surface area contributed by atoms with Gasteiger partial charge in [0.25, 0.3) is 0 Å². The fourth-order valence-corrected chi connectivity index (χ4v) is 9.82. The molecule has 1 fully saturated rings. The first-order valence-electron chi connectivity index (χ1n) is 31.3. The van der Waals surface area contributed by atoms with E-state index in [0.717, 1.165) is 5.56 Å². The number of hydrogen-bond acceptors (Lipinski definition) is 17. The molecule has 0 bridgehead atoms. The number of nitrogens with zero attached hydrogens (tertiary/aromatic N) is 1. The number of guanidine groups is 1. The Balaban J connectivity index is 2.47. The zero-order chi connectivity index (χ0) is 67.9. The van der Waals surface area contributed by atoms with E-state index in [1.807, 2.05) is 30.3 Å². The van der Waals surface area contributed by atoms with Gasteiger partial charge in [0.2, 0.25) is 59.1 Å². The number of likely N-dealkylation sites (N-methyl/N-ethyl adjacent to an activating group) is 1. The van der Waals surface area contributed by atoms with Gasteiger partial charge in [0, 0.05) is 25.3 Å². The third-order valence-electron chi connectivity index (χ3n) is 16.5. The molecule has 29 heteroatoms. The average Bonchev–Trinajstić information content (AvgIpc) is 1.88. The van der Waals surface area contributed by atoms with Crippen LogP contribution >= 0.6 is 0 Å². The van der Waals surface area contributed by atoms with E-state index in [9.17, 15) is 67.7 Å². The Morgan fingerprint density at radius 1 is 0.633 bits per heavy atom. The summed E-state index contributed by atoms with van der Waals surface area (Å²) in [4.78, 5) is 171. The lowest BCUT2D eigenvalue weighted by Gasteiger charge is -2.31. The van der Waals surface area contributed by atoms with Gasteiger partial charge in [-0.3, -0.25) is 57.7 Å². The Kier molecular flexibility index (Phi) is 34.9. The highest BCUT2D eigenvalue weighted by molar-refractivity contribution is 6.00. The quantitative estimate of drug-likeness (QED) is 0.0149. The number of hydrogen-bond donors (Lipinski definition) is 15. The van der Waals surface area contributed by atoms with Crippen molar-refractivity contribution >= 4 is 76.8 Å². The van der Waals surface area contributed by atoms with Crippen molar-refractivity contribution in [3.05, 3.63) is 35.9 Å². The summed E-state index contributed by atoms with van der Waals surface area (Å²) in [5.41, 5.74) is 17.3. The monoisotopic (exact) mass is 1270 g/mol. The molecule has 1 aromatic rings. The van der Waals surface area contributed by atoms with Gasteiger partial charge in [0.15, 0.2) is 11.7 Å². The summed E-state index contributed by atoms with van der Waals surface area (Å²) in [6.07, 6.45) is -0.322. The number of carbonyl (C=O) groups excluding carboxylic acids is 12. The van der Waals surface area contributed by atoms with Gasteiger partial charge in [-0.25, -0.2) is 4.79 Å². The lowest BCUT2D eigenvalue weighted by atomic mass is 9.91. The Morgan fingerprint density at radius 3 is 1.60 bits per heavy atom. The molecule has 0 aromatic heterocycles. The predicted molar refractivity (Wildman–Crippen MR) is 334 cm³/mol. The number of Topliss-reactive ketones (excluding diaryl/α,β-unsaturated/α-hetero) is 1. The van der Waals surface area contributed by atoms with Crippen LogP contribution < -0.4 is 70.4 Å². The molecule has 2 rings (SSSR count). The van der Waals surface area contributed by atoms with E-state index in [-0.39, 0.29) is 44.6 Å². The number of amides is 10. The summed E-state index contributed by atoms with van der Waals surface area (Å²) in [7, 11) is 1.60. The summed E-state index contributed by atoms with van der Waals surface area (Å²) in [6.45, 7) is 14.8. The standard InChI is InChI=1S/C61H102N14O15/c1-12-21-39-52(81)74-49(35(9)16-5)60(89)90-36(10)50(44(78)29-38(51(80)67-39)24-20-27-66-61(63)64)75-56(85)43(31-77)70-58(87)47(33(7)14-3)73-59(88)48(34(8)15-4)71-53(82)40(25-26-45(62)79)68-55(84)42(30-76)69-57(86)46(32(6)13-2)72-54(83)41(65-11)28-37-22-18-17-19-23-37/h17-19,22-23,32-36,38-43,46-50,65,76-77H,12-16,20-21,24-31H2,1-11H3,(H2,62,79)(H,67,80)(H,68,84)(H,69,86)(H,70,87)(H,71,82)(H,72,83)(H,73,88)(H,74,81)(H,75,85)(H4,63,64,66)/t32-,33-,34+,35-,36-,38+,39-,40+,41+,42-,43-,46-,47-,48+,49-,50+/m0/s1. The molecule has 1 heterocycles. The first kappa shape index (κ1) is 78.3. The van der Waals surface area contributed by atoms with Crippen molar-refractivity contribution in [1.82, 2.24) is 53.2 Å². The topological polar surface area (TPSA) is 465 Å². The first-order chi connectivity index (χ1) is 42.6. The van der Waals surface area contributed by atoms with E-state index in [4.69, 9.17) is 21.9 Å². The molecule has 1 aliphatic heterocycles. The molecule has 10 amide bonds. The van der Waals surface area contributed by atoms with E-state index in [1.54, 1.807) is 69.4 Å². The Bertz CT molecular complexity index is 2590. The number of carbonyl (C=O) groups is 12. The van der Waals surface area contributed by atoms with Gasteiger partial charge in [-0.05, 0) is 75.3 Å². The third-order valence-corrected chi connectivity index (χ3v) is 16.5. The summed E-state index contributed by atoms with van der Waals surface area (Å²) < 4.78 is 5.81. The second-order valence-electron chi connectivity index (χ2n) is 23.4. The van der Waals surface area contributed by atoms with Gasteiger partial charge in [0.05, 0.1) is 19.3 Å². The molecule has 0 aliphatic carbocycles. The predicted octanol–water partition coefficient (Wildman–Crippen LogP) is -2.01. The SMILES string of the molecule is CCC[C@@H]1NC(=O)[C@H](CCCN=C(N)N)CC(=O)[C@H](NC(=O)[C@H](CO)NC(=O)[C@@H](NC(=O)[C@H](NC(=O)[C@@H](CCC(N)=O)NC(=O)[C@H](CO)NC(=O)[C@@H](NC(=O)[C@@H](Cc2ccccc2)NC)[C@@H](C)CC)[C@H](C)CC)[C@@H](C)CC)[C@H](C)OC(=O)[C@H]([C@@H](C)CC)NC1=O. The number of aliphatic hydroxyl groups excluding tert-OH is 2. The van der Waals surface area contributed by atoms with Gasteiger partial charge < -0.3 is 85.3 Å². The molecule has 0 spiro atoms. The van der Waals surface area contributed by atoms with Crippen LogP contribution in [0.2, 0.25) is 0 Å². The van der Waals surface area contributed by atoms with E-state index < -0.39 is 199 Å². The van der Waals surface area contributed by atoms with Crippen LogP contribution in [-0.4, -0.2) is 180 Å². The number of rotatable bonds is 36. The highest BCUT2D eigenvalue weighted by Gasteiger charge is 2.41. The van der Waals surface area contributed by atoms with Crippen LogP contribution in [0.1, 0.15) is 145 Å². The highest BCUT2D eigenvalue weighted by Crippen LogP contribution is 2.21. The Morgan fingerprint density at radius 2 is 1.12 bits per heavy atom. The second kappa shape index (κ2) is 40.1. The van der Waals surface area contributed by atoms with Crippen molar-refractivity contribution in [2.75, 3.05) is 26.8 Å². The van der Waals surface area contributed by atoms with Crippen LogP contribution in [0.15, 0.2) is 35.3 Å². The van der Waals surface area contributed by atoms with E-state index >= 15 is 0 Å². The largest absolute Gasteiger partial charge is 0.458 e. The molecule has 16 atom stereocenters. The third kappa shape index (κ3) is 25.2. The molecule has 1 aliphatic rings. The van der Waals surface area contributed by atoms with Crippen LogP contribution in [0.25, 0.3) is 0 Å². The van der Waals surface area contributed by atoms with Crippen LogP contribution in [0.5, 0.6) is 0 Å². The van der Waals surface area contributed by atoms with Crippen LogP contribution in [0, 0.1) is 29.6 Å². The van der Waals surface area contributed by atoms with Gasteiger partial charge in [-0.15, -0.1) is 0 Å². The Hall–Kier alpha value is -7.79. The molecule has 506 valence electrons. The summed E-state index contributed by atoms with van der Waals surface area (Å²) in [6, 6.07) is -4.76. The summed E-state index contributed by atoms with van der Waals surface area (Å²) in [5, 5.41) is 47.3. The van der Waals surface area contributed by atoms with Crippen molar-refractivity contribution in [2.45, 2.75) is 213 Å². The van der Waals surface area contributed by atoms with Gasteiger partial charge in [0.1, 0.15) is 60.5 Å². The van der Waals surface area contributed by atoms with Crippen molar-refractivity contribution in [2.24, 2.45) is 51.8 Å². The van der Waals surface area contributed by atoms with Crippen LogP contribution in [0.3, 0.4) is 0 Å². The number of nitrogens with one attached hydrogen (secondary N) is 10. The molecule has 18 N–H and O–H groups in total. The molecule has 0 unspecified atom stereocenters. The van der Waals surface area contributed by atoms with Crippen molar-refractivity contribution < 1.29 is 72.5 Å². The molecular weight excluding hydrogens is 1170 g/mol. The zero-order valence-corrected chi connectivity index (χ0v) is 54.1. The fraction of sp³-hybridized carbons (Fsp3) is 0.689. The number of primary amides is 1. The number of benzene rings is 1. The van der Waals surface area contributed by atoms with Gasteiger partial charge in [-0.1, -0.05) is 125 Å². The lowest BCUT2D eigenvalue weighted by Crippen LogP contribution is -2.63. The molecule has 1 aromatic carbocycles. The number of ether oxygens (including phenoxy) is 1. The van der Waals surface area contributed by atoms with Crippen molar-refractivity contribution in [3.8, 4) is 0 Å². The summed E-state index contributed by atoms with van der Waals surface area (Å²) in [5.74, 6) is -13.9. The highest BCUT2D eigenvalue weighted by atomic mass is 16.5. The zero-order valence-electron chi connectivity index (χ0n) is 54.1. The molecular formula is C61H102N14O15. The molecule has 0 saturated carbocycles. The van der Waals surface area contributed by atoms with Crippen molar-refractivity contribution in [3.63, 3.8) is 0 Å². The smallest absolute Gasteiger partial charge is 0.329 e. The van der Waals surface area contributed by atoms with Crippen LogP contribution in [0.4, 0.5) is 0 Å². The fourth-order valence-electron chi connectivity index (χ4n) is 9.82. The maximum atomic E-state index is 14.5. The molecule has 29 nitrogen and oxygen atoms in total. The molecule has 0 radical (unpaired) electrons. The minimum absolute atomic E-state index is 0.0368. The second-order valence-corrected chi connectivity index (χ2v) is 23.4. The summed E-state index contributed by atoms with van der Waals surface area (Å²) >= 11 is 0. The van der Waals surface area contributed by atoms with E-state index in [1.165, 1.54) is 6.92 Å². The minimum Gasteiger partial charge on any atom is -0.458 e. The van der Waals surface area contributed by atoms with E-state index in [2.05, 4.69) is 58.2 Å². The van der Waals surface area contributed by atoms with Crippen molar-refractivity contribution in [1.29, 1.82) is 0 Å². The number of aliphatic hydroxyl groups is 2. The average molecular weight is 1270 g/mol. The number of ketones is 1. The molecule has 90 heavy (non-hydrogen) atoms. The van der Waals surface area contributed by atoms with Crippen LogP contribution in [-0.2, 0) is 68.7 Å². The first-order valence-corrected chi connectivity index (χ1v) is 31.3. The number of nitrogens with two attached hydrogens (primary N) is 3. The lowest BCUT2D eigenvalue weighted by molar-refractivity contribution is -0.157. The van der Waals surface area contributed by atoms with E-state index in [0.29, 0.717) is 25.7 Å². The number of esters is 1.